The zero-order valence-corrected chi connectivity index (χ0v) is 10.2. The molecule has 0 fully saturated rings. The van der Waals surface area contributed by atoms with Gasteiger partial charge >= 0.3 is 5.97 Å². The molecule has 5 heteroatoms. The Labute approximate surface area is 105 Å². The molecule has 0 bridgehead atoms. The van der Waals surface area contributed by atoms with Crippen LogP contribution >= 0.6 is 0 Å². The molecule has 18 heavy (non-hydrogen) atoms. The monoisotopic (exact) mass is 257 g/mol. The van der Waals surface area contributed by atoms with Gasteiger partial charge in [0.05, 0.1) is 0 Å². The van der Waals surface area contributed by atoms with Crippen LogP contribution in [0, 0.1) is 0 Å². The highest BCUT2D eigenvalue weighted by Gasteiger charge is 2.17. The first-order valence-corrected chi connectivity index (χ1v) is 5.88. The Hall–Kier alpha value is -1.49. The van der Waals surface area contributed by atoms with Crippen LogP contribution in [0.5, 0.6) is 0 Å². The minimum Gasteiger partial charge on any atom is -0.480 e. The molecule has 2 N–H and O–H groups in total. The van der Waals surface area contributed by atoms with E-state index in [1.165, 1.54) is 6.07 Å². The van der Waals surface area contributed by atoms with Crippen LogP contribution in [0.1, 0.15) is 37.3 Å². The van der Waals surface area contributed by atoms with Gasteiger partial charge in [-0.05, 0) is 12.0 Å². The van der Waals surface area contributed by atoms with E-state index in [0.717, 1.165) is 6.42 Å². The Morgan fingerprint density at radius 3 is 2.61 bits per heavy atom. The molecule has 0 spiro atoms. The van der Waals surface area contributed by atoms with E-state index in [1.54, 1.807) is 18.2 Å². The summed E-state index contributed by atoms with van der Waals surface area (Å²) in [7, 11) is 0. The summed E-state index contributed by atoms with van der Waals surface area (Å²) in [4.78, 5) is 10.9. The fourth-order valence-corrected chi connectivity index (χ4v) is 1.74. The van der Waals surface area contributed by atoms with E-state index < -0.39 is 18.4 Å². The lowest BCUT2D eigenvalue weighted by Gasteiger charge is -2.15. The number of carbonyl (C=O) groups is 1. The molecule has 100 valence electrons. The zero-order chi connectivity index (χ0) is 13.5. The van der Waals surface area contributed by atoms with Crippen LogP contribution < -0.4 is 5.32 Å². The molecule has 0 aliphatic carbocycles. The summed E-state index contributed by atoms with van der Waals surface area (Å²) >= 11 is 0. The normalized spacial score (nSPS) is 12.7. The van der Waals surface area contributed by atoms with Crippen molar-refractivity contribution in [3.63, 3.8) is 0 Å². The second-order valence-corrected chi connectivity index (χ2v) is 4.06. The number of rotatable bonds is 7. The van der Waals surface area contributed by atoms with E-state index in [9.17, 15) is 13.6 Å². The van der Waals surface area contributed by atoms with Crippen molar-refractivity contribution < 1.29 is 18.7 Å². The van der Waals surface area contributed by atoms with E-state index in [4.69, 9.17) is 5.11 Å². The molecule has 0 unspecified atom stereocenters. The van der Waals surface area contributed by atoms with Crippen molar-refractivity contribution in [3.8, 4) is 0 Å². The third-order valence-electron chi connectivity index (χ3n) is 2.70. The van der Waals surface area contributed by atoms with Gasteiger partial charge in [0.2, 0.25) is 0 Å². The Morgan fingerprint density at radius 1 is 1.39 bits per heavy atom. The maximum atomic E-state index is 12.7. The number of aliphatic carboxylic acids is 1. The first-order valence-electron chi connectivity index (χ1n) is 5.88. The molecule has 0 amide bonds. The highest BCUT2D eigenvalue weighted by atomic mass is 19.3. The summed E-state index contributed by atoms with van der Waals surface area (Å²) in [5.41, 5.74) is 0.389. The van der Waals surface area contributed by atoms with Crippen LogP contribution in [0.2, 0.25) is 0 Å². The van der Waals surface area contributed by atoms with Crippen LogP contribution in [0.4, 0.5) is 8.78 Å². The molecule has 1 atom stereocenters. The Morgan fingerprint density at radius 2 is 2.06 bits per heavy atom. The molecule has 1 rings (SSSR count). The van der Waals surface area contributed by atoms with Crippen LogP contribution in [0.3, 0.4) is 0 Å². The minimum atomic E-state index is -2.54. The predicted octanol–water partition coefficient (Wildman–Crippen LogP) is 2.97. The molecule has 0 heterocycles. The lowest BCUT2D eigenvalue weighted by Crippen LogP contribution is -2.36. The summed E-state index contributed by atoms with van der Waals surface area (Å²) in [5, 5.41) is 11.7. The standard InChI is InChI=1S/C13H17F2NO2/c1-2-5-11(13(17)18)16-8-9-6-3-4-7-10(9)12(14)15/h3-4,6-7,11-12,16H,2,5,8H2,1H3,(H,17,18)/t11-/m0/s1. The number of nitrogens with one attached hydrogen (secondary N) is 1. The van der Waals surface area contributed by atoms with Gasteiger partial charge in [0.25, 0.3) is 6.43 Å². The summed E-state index contributed by atoms with van der Waals surface area (Å²) < 4.78 is 25.4. The van der Waals surface area contributed by atoms with Crippen molar-refractivity contribution in [2.75, 3.05) is 0 Å². The van der Waals surface area contributed by atoms with E-state index >= 15 is 0 Å². The van der Waals surface area contributed by atoms with Gasteiger partial charge in [0.15, 0.2) is 0 Å². The maximum absolute atomic E-state index is 12.7. The molecule has 3 nitrogen and oxygen atoms in total. The highest BCUT2D eigenvalue weighted by Crippen LogP contribution is 2.22. The first kappa shape index (κ1) is 14.6. The number of hydrogen-bond donors (Lipinski definition) is 2. The number of hydrogen-bond acceptors (Lipinski definition) is 2. The Kier molecular flexibility index (Phi) is 5.71. The quantitative estimate of drug-likeness (QED) is 0.789. The third kappa shape index (κ3) is 4.07. The first-order chi connectivity index (χ1) is 8.56. The molecule has 0 aliphatic rings. The molecule has 0 saturated heterocycles. The lowest BCUT2D eigenvalue weighted by atomic mass is 10.1. The summed E-state index contributed by atoms with van der Waals surface area (Å²) in [6.45, 7) is 2.02. The third-order valence-corrected chi connectivity index (χ3v) is 2.70. The van der Waals surface area contributed by atoms with E-state index in [0.29, 0.717) is 12.0 Å². The smallest absolute Gasteiger partial charge is 0.320 e. The van der Waals surface area contributed by atoms with Crippen molar-refractivity contribution in [1.82, 2.24) is 5.32 Å². The summed E-state index contributed by atoms with van der Waals surface area (Å²) in [6.07, 6.45) is -1.34. The van der Waals surface area contributed by atoms with E-state index in [1.807, 2.05) is 6.92 Å². The predicted molar refractivity (Wildman–Crippen MR) is 64.6 cm³/mol. The number of carboxylic acids is 1. The van der Waals surface area contributed by atoms with Crippen LogP contribution in [-0.4, -0.2) is 17.1 Å². The fourth-order valence-electron chi connectivity index (χ4n) is 1.74. The van der Waals surface area contributed by atoms with Crippen molar-refractivity contribution in [2.24, 2.45) is 0 Å². The van der Waals surface area contributed by atoms with Gasteiger partial charge in [-0.25, -0.2) is 8.78 Å². The van der Waals surface area contributed by atoms with Gasteiger partial charge in [-0.2, -0.15) is 0 Å². The van der Waals surface area contributed by atoms with E-state index in [-0.39, 0.29) is 12.1 Å². The zero-order valence-electron chi connectivity index (χ0n) is 10.2. The summed E-state index contributed by atoms with van der Waals surface area (Å²) in [6, 6.07) is 5.46. The second kappa shape index (κ2) is 7.06. The fraction of sp³-hybridized carbons (Fsp3) is 0.462. The average molecular weight is 257 g/mol. The van der Waals surface area contributed by atoms with Gasteiger partial charge < -0.3 is 10.4 Å². The molecule has 0 aromatic heterocycles. The largest absolute Gasteiger partial charge is 0.480 e. The number of benzene rings is 1. The second-order valence-electron chi connectivity index (χ2n) is 4.06. The molecule has 1 aromatic carbocycles. The maximum Gasteiger partial charge on any atom is 0.320 e. The van der Waals surface area contributed by atoms with Gasteiger partial charge in [0.1, 0.15) is 6.04 Å². The number of alkyl halides is 2. The van der Waals surface area contributed by atoms with Crippen molar-refractivity contribution in [3.05, 3.63) is 35.4 Å². The molecule has 0 aliphatic heterocycles. The summed E-state index contributed by atoms with van der Waals surface area (Å²) in [5.74, 6) is -0.952. The topological polar surface area (TPSA) is 49.3 Å². The van der Waals surface area contributed by atoms with Crippen molar-refractivity contribution >= 4 is 5.97 Å². The molecular weight excluding hydrogens is 240 g/mol. The molecular formula is C13H17F2NO2. The molecule has 1 aromatic rings. The Bertz CT molecular complexity index is 396. The van der Waals surface area contributed by atoms with Gasteiger partial charge in [-0.3, -0.25) is 4.79 Å². The Balaban J connectivity index is 2.70. The van der Waals surface area contributed by atoms with Crippen molar-refractivity contribution in [2.45, 2.75) is 38.8 Å². The van der Waals surface area contributed by atoms with Crippen LogP contribution in [-0.2, 0) is 11.3 Å². The SMILES string of the molecule is CCC[C@H](NCc1ccccc1C(F)F)C(=O)O. The average Bonchev–Trinajstić information content (AvgIpc) is 2.34. The van der Waals surface area contributed by atoms with Crippen molar-refractivity contribution in [1.29, 1.82) is 0 Å². The van der Waals surface area contributed by atoms with Crippen LogP contribution in [0.15, 0.2) is 24.3 Å². The van der Waals surface area contributed by atoms with Gasteiger partial charge in [-0.1, -0.05) is 37.6 Å². The number of carboxylic acid groups (broad SMARTS) is 1. The van der Waals surface area contributed by atoms with Gasteiger partial charge in [0, 0.05) is 12.1 Å². The molecule has 0 radical (unpaired) electrons. The number of halogens is 2. The minimum absolute atomic E-state index is 0.0503. The molecule has 0 saturated carbocycles. The van der Waals surface area contributed by atoms with E-state index in [2.05, 4.69) is 5.32 Å². The van der Waals surface area contributed by atoms with Crippen LogP contribution in [0.25, 0.3) is 0 Å². The highest BCUT2D eigenvalue weighted by molar-refractivity contribution is 5.73. The lowest BCUT2D eigenvalue weighted by molar-refractivity contribution is -0.139. The van der Waals surface area contributed by atoms with Gasteiger partial charge in [-0.15, -0.1) is 0 Å².